The van der Waals surface area contributed by atoms with Crippen molar-refractivity contribution in [2.45, 2.75) is 19.4 Å². The SMILES string of the molecule is CC(NC(=O)c1cccnc1)C(=O)NCCc1c[nH]c2ccc(Cl)cc12. The van der Waals surface area contributed by atoms with Gasteiger partial charge in [0.15, 0.2) is 0 Å². The zero-order chi connectivity index (χ0) is 18.5. The summed E-state index contributed by atoms with van der Waals surface area (Å²) in [7, 11) is 0. The van der Waals surface area contributed by atoms with Gasteiger partial charge in [-0.3, -0.25) is 14.6 Å². The van der Waals surface area contributed by atoms with Gasteiger partial charge in [-0.1, -0.05) is 11.6 Å². The Bertz CT molecular complexity index is 924. The van der Waals surface area contributed by atoms with Crippen LogP contribution in [0.5, 0.6) is 0 Å². The third kappa shape index (κ3) is 4.21. The molecule has 134 valence electrons. The number of pyridine rings is 1. The first-order valence-corrected chi connectivity index (χ1v) is 8.66. The van der Waals surface area contributed by atoms with E-state index in [0.29, 0.717) is 23.6 Å². The predicted molar refractivity (Wildman–Crippen MR) is 101 cm³/mol. The van der Waals surface area contributed by atoms with Crippen LogP contribution in [-0.2, 0) is 11.2 Å². The Morgan fingerprint density at radius 2 is 2.15 bits per heavy atom. The van der Waals surface area contributed by atoms with Crippen LogP contribution in [0.25, 0.3) is 10.9 Å². The van der Waals surface area contributed by atoms with Crippen molar-refractivity contribution in [2.24, 2.45) is 0 Å². The molecule has 26 heavy (non-hydrogen) atoms. The van der Waals surface area contributed by atoms with Crippen molar-refractivity contribution in [2.75, 3.05) is 6.54 Å². The van der Waals surface area contributed by atoms with Gasteiger partial charge in [-0.2, -0.15) is 0 Å². The maximum Gasteiger partial charge on any atom is 0.253 e. The molecule has 0 aliphatic heterocycles. The van der Waals surface area contributed by atoms with Crippen molar-refractivity contribution >= 4 is 34.3 Å². The quantitative estimate of drug-likeness (QED) is 0.623. The monoisotopic (exact) mass is 370 g/mol. The number of nitrogens with one attached hydrogen (secondary N) is 3. The minimum Gasteiger partial charge on any atom is -0.361 e. The fourth-order valence-electron chi connectivity index (χ4n) is 2.67. The Balaban J connectivity index is 1.51. The zero-order valence-electron chi connectivity index (χ0n) is 14.3. The van der Waals surface area contributed by atoms with E-state index in [1.807, 2.05) is 24.4 Å². The molecule has 1 aromatic carbocycles. The van der Waals surface area contributed by atoms with E-state index >= 15 is 0 Å². The molecule has 0 saturated carbocycles. The average molecular weight is 371 g/mol. The highest BCUT2D eigenvalue weighted by molar-refractivity contribution is 6.31. The van der Waals surface area contributed by atoms with E-state index in [-0.39, 0.29) is 11.8 Å². The fraction of sp³-hybridized carbons (Fsp3) is 0.211. The molecule has 0 radical (unpaired) electrons. The van der Waals surface area contributed by atoms with Gasteiger partial charge in [0.25, 0.3) is 5.91 Å². The number of hydrogen-bond acceptors (Lipinski definition) is 3. The molecule has 7 heteroatoms. The average Bonchev–Trinajstić information content (AvgIpc) is 3.04. The van der Waals surface area contributed by atoms with Gasteiger partial charge in [0.2, 0.25) is 5.91 Å². The molecule has 3 aromatic rings. The molecule has 2 amide bonds. The van der Waals surface area contributed by atoms with E-state index in [0.717, 1.165) is 16.5 Å². The standard InChI is InChI=1S/C19H19ClN4O2/c1-12(24-19(26)14-3-2-7-21-10-14)18(25)22-8-6-13-11-23-17-5-4-15(20)9-16(13)17/h2-5,7,9-12,23H,6,8H2,1H3,(H,22,25)(H,24,26). The summed E-state index contributed by atoms with van der Waals surface area (Å²) in [6.07, 6.45) is 5.63. The molecule has 6 nitrogen and oxygen atoms in total. The Morgan fingerprint density at radius 1 is 1.31 bits per heavy atom. The topological polar surface area (TPSA) is 86.9 Å². The first-order chi connectivity index (χ1) is 12.5. The van der Waals surface area contributed by atoms with Gasteiger partial charge in [0.1, 0.15) is 6.04 Å². The first kappa shape index (κ1) is 17.9. The second kappa shape index (κ2) is 8.01. The van der Waals surface area contributed by atoms with Gasteiger partial charge in [0, 0.05) is 41.1 Å². The van der Waals surface area contributed by atoms with Crippen molar-refractivity contribution in [3.63, 3.8) is 0 Å². The maximum absolute atomic E-state index is 12.2. The lowest BCUT2D eigenvalue weighted by molar-refractivity contribution is -0.122. The van der Waals surface area contributed by atoms with Crippen LogP contribution in [0, 0.1) is 0 Å². The minimum atomic E-state index is -0.639. The fourth-order valence-corrected chi connectivity index (χ4v) is 2.85. The molecule has 0 saturated heterocycles. The number of amides is 2. The molecule has 0 aliphatic carbocycles. The van der Waals surface area contributed by atoms with Gasteiger partial charge < -0.3 is 15.6 Å². The number of halogens is 1. The van der Waals surface area contributed by atoms with E-state index in [1.54, 1.807) is 25.3 Å². The summed E-state index contributed by atoms with van der Waals surface area (Å²) in [6.45, 7) is 2.11. The van der Waals surface area contributed by atoms with Crippen LogP contribution in [0.15, 0.2) is 48.9 Å². The van der Waals surface area contributed by atoms with Crippen LogP contribution >= 0.6 is 11.6 Å². The third-order valence-corrected chi connectivity index (χ3v) is 4.32. The van der Waals surface area contributed by atoms with Gasteiger partial charge in [-0.25, -0.2) is 0 Å². The molecule has 0 bridgehead atoms. The Kier molecular flexibility index (Phi) is 5.53. The summed E-state index contributed by atoms with van der Waals surface area (Å²) in [4.78, 5) is 31.3. The zero-order valence-corrected chi connectivity index (χ0v) is 15.0. The molecule has 0 aliphatic rings. The summed E-state index contributed by atoms with van der Waals surface area (Å²) >= 11 is 6.04. The van der Waals surface area contributed by atoms with Gasteiger partial charge in [0.05, 0.1) is 5.56 Å². The molecule has 2 aromatic heterocycles. The van der Waals surface area contributed by atoms with Gasteiger partial charge in [-0.15, -0.1) is 0 Å². The number of nitrogens with zero attached hydrogens (tertiary/aromatic N) is 1. The van der Waals surface area contributed by atoms with Crippen LogP contribution < -0.4 is 10.6 Å². The van der Waals surface area contributed by atoms with Crippen molar-refractivity contribution in [3.8, 4) is 0 Å². The number of fused-ring (bicyclic) bond motifs is 1. The Hall–Kier alpha value is -2.86. The summed E-state index contributed by atoms with van der Waals surface area (Å²) in [5.74, 6) is -0.563. The highest BCUT2D eigenvalue weighted by atomic mass is 35.5. The molecular formula is C19H19ClN4O2. The van der Waals surface area contributed by atoms with Crippen LogP contribution in [0.3, 0.4) is 0 Å². The number of carbonyl (C=O) groups excluding carboxylic acids is 2. The lowest BCUT2D eigenvalue weighted by atomic mass is 10.1. The number of aromatic nitrogens is 2. The Labute approximate surface area is 156 Å². The van der Waals surface area contributed by atoms with E-state index in [1.165, 1.54) is 6.20 Å². The third-order valence-electron chi connectivity index (χ3n) is 4.09. The highest BCUT2D eigenvalue weighted by Gasteiger charge is 2.16. The van der Waals surface area contributed by atoms with Crippen molar-refractivity contribution in [1.29, 1.82) is 0 Å². The van der Waals surface area contributed by atoms with E-state index < -0.39 is 6.04 Å². The predicted octanol–water partition coefficient (Wildman–Crippen LogP) is 2.69. The van der Waals surface area contributed by atoms with Crippen molar-refractivity contribution < 1.29 is 9.59 Å². The normalized spacial score (nSPS) is 11.9. The molecule has 3 rings (SSSR count). The molecule has 3 N–H and O–H groups in total. The number of benzene rings is 1. The number of hydrogen-bond donors (Lipinski definition) is 3. The summed E-state index contributed by atoms with van der Waals surface area (Å²) < 4.78 is 0. The van der Waals surface area contributed by atoms with Crippen LogP contribution in [0.1, 0.15) is 22.8 Å². The minimum absolute atomic E-state index is 0.236. The van der Waals surface area contributed by atoms with Crippen molar-refractivity contribution in [3.05, 3.63) is 65.1 Å². The smallest absolute Gasteiger partial charge is 0.253 e. The molecule has 1 atom stereocenters. The number of H-pyrrole nitrogens is 1. The van der Waals surface area contributed by atoms with Crippen molar-refractivity contribution in [1.82, 2.24) is 20.6 Å². The lowest BCUT2D eigenvalue weighted by Crippen LogP contribution is -2.45. The van der Waals surface area contributed by atoms with Crippen LogP contribution in [-0.4, -0.2) is 34.4 Å². The Morgan fingerprint density at radius 3 is 2.92 bits per heavy atom. The van der Waals surface area contributed by atoms with Crippen LogP contribution in [0.2, 0.25) is 5.02 Å². The molecular weight excluding hydrogens is 352 g/mol. The number of aromatic amines is 1. The largest absolute Gasteiger partial charge is 0.361 e. The lowest BCUT2D eigenvalue weighted by Gasteiger charge is -2.14. The molecule has 0 fully saturated rings. The second-order valence-electron chi connectivity index (χ2n) is 5.98. The summed E-state index contributed by atoms with van der Waals surface area (Å²) in [5.41, 5.74) is 2.51. The molecule has 0 spiro atoms. The number of rotatable bonds is 6. The summed E-state index contributed by atoms with van der Waals surface area (Å²) in [6, 6.07) is 8.35. The van der Waals surface area contributed by atoms with E-state index in [2.05, 4.69) is 20.6 Å². The summed E-state index contributed by atoms with van der Waals surface area (Å²) in [5, 5.41) is 7.22. The van der Waals surface area contributed by atoms with Gasteiger partial charge >= 0.3 is 0 Å². The highest BCUT2D eigenvalue weighted by Crippen LogP contribution is 2.22. The molecule has 2 heterocycles. The second-order valence-corrected chi connectivity index (χ2v) is 6.42. The number of carbonyl (C=O) groups is 2. The van der Waals surface area contributed by atoms with Crippen LogP contribution in [0.4, 0.5) is 0 Å². The van der Waals surface area contributed by atoms with E-state index in [9.17, 15) is 9.59 Å². The maximum atomic E-state index is 12.2. The molecule has 1 unspecified atom stereocenters. The first-order valence-electron chi connectivity index (χ1n) is 8.28. The van der Waals surface area contributed by atoms with Gasteiger partial charge in [-0.05, 0) is 49.2 Å². The van der Waals surface area contributed by atoms with E-state index in [4.69, 9.17) is 11.6 Å².